The number of likely N-dealkylation sites (tertiary alicyclic amines) is 1. The molecule has 0 atom stereocenters. The molecular formula is C22H29N3O5S. The molecule has 9 heteroatoms. The number of nitrogens with zero attached hydrogens (tertiary/aromatic N) is 2. The molecule has 31 heavy (non-hydrogen) atoms. The number of rotatable bonds is 8. The molecule has 2 aromatic rings. The lowest BCUT2D eigenvalue weighted by Gasteiger charge is -2.30. The van der Waals surface area contributed by atoms with E-state index in [-0.39, 0.29) is 23.4 Å². The summed E-state index contributed by atoms with van der Waals surface area (Å²) in [6.45, 7) is 1.49. The highest BCUT2D eigenvalue weighted by Crippen LogP contribution is 2.32. The van der Waals surface area contributed by atoms with Gasteiger partial charge in [-0.1, -0.05) is 18.2 Å². The number of hydrogen-bond acceptors (Lipinski definition) is 6. The number of nitrogens with one attached hydrogen (secondary N) is 1. The largest absolute Gasteiger partial charge is 0.493 e. The van der Waals surface area contributed by atoms with E-state index >= 15 is 0 Å². The Bertz CT molecular complexity index is 989. The van der Waals surface area contributed by atoms with Crippen LogP contribution in [0.3, 0.4) is 0 Å². The van der Waals surface area contributed by atoms with Gasteiger partial charge in [-0.3, -0.25) is 9.10 Å². The molecule has 3 rings (SSSR count). The van der Waals surface area contributed by atoms with E-state index in [9.17, 15) is 13.2 Å². The average Bonchev–Trinajstić information content (AvgIpc) is 2.79. The van der Waals surface area contributed by atoms with Gasteiger partial charge in [0.25, 0.3) is 10.0 Å². The molecule has 0 aromatic heterocycles. The van der Waals surface area contributed by atoms with E-state index in [1.165, 1.54) is 32.4 Å². The maximum atomic E-state index is 13.5. The van der Waals surface area contributed by atoms with Crippen LogP contribution in [0.5, 0.6) is 11.5 Å². The first kappa shape index (κ1) is 22.9. The van der Waals surface area contributed by atoms with Crippen LogP contribution in [-0.4, -0.2) is 66.2 Å². The summed E-state index contributed by atoms with van der Waals surface area (Å²) in [5.41, 5.74) is 0.413. The van der Waals surface area contributed by atoms with Crippen molar-refractivity contribution in [3.05, 3.63) is 48.5 Å². The fraction of sp³-hybridized carbons (Fsp3) is 0.409. The molecule has 0 saturated carbocycles. The normalized spacial score (nSPS) is 15.3. The van der Waals surface area contributed by atoms with Crippen LogP contribution in [0, 0.1) is 0 Å². The van der Waals surface area contributed by atoms with Crippen molar-refractivity contribution in [1.29, 1.82) is 0 Å². The number of carbonyl (C=O) groups is 1. The number of amides is 1. The van der Waals surface area contributed by atoms with Gasteiger partial charge in [-0.05, 0) is 57.2 Å². The van der Waals surface area contributed by atoms with Crippen molar-refractivity contribution >= 4 is 21.6 Å². The molecule has 2 aromatic carbocycles. The maximum absolute atomic E-state index is 13.5. The van der Waals surface area contributed by atoms with Gasteiger partial charge in [-0.15, -0.1) is 0 Å². The van der Waals surface area contributed by atoms with E-state index in [1.807, 2.05) is 7.05 Å². The van der Waals surface area contributed by atoms with Crippen molar-refractivity contribution in [2.75, 3.05) is 45.2 Å². The van der Waals surface area contributed by atoms with Crippen LogP contribution >= 0.6 is 0 Å². The van der Waals surface area contributed by atoms with Gasteiger partial charge in [0.1, 0.15) is 6.54 Å². The number of anilines is 1. The third-order valence-electron chi connectivity index (χ3n) is 5.36. The maximum Gasteiger partial charge on any atom is 0.264 e. The second-order valence-corrected chi connectivity index (χ2v) is 9.37. The van der Waals surface area contributed by atoms with Crippen LogP contribution in [0.25, 0.3) is 0 Å². The molecule has 1 fully saturated rings. The van der Waals surface area contributed by atoms with Crippen molar-refractivity contribution in [2.45, 2.75) is 23.8 Å². The monoisotopic (exact) mass is 447 g/mol. The molecule has 0 unspecified atom stereocenters. The minimum absolute atomic E-state index is 0.0149. The number of para-hydroxylation sites is 1. The predicted molar refractivity (Wildman–Crippen MR) is 119 cm³/mol. The first-order valence-corrected chi connectivity index (χ1v) is 11.6. The summed E-state index contributed by atoms with van der Waals surface area (Å²) in [5.74, 6) is 0.391. The molecule has 1 aliphatic heterocycles. The first-order chi connectivity index (χ1) is 14.8. The zero-order valence-electron chi connectivity index (χ0n) is 18.1. The molecule has 168 valence electrons. The average molecular weight is 448 g/mol. The highest BCUT2D eigenvalue weighted by Gasteiger charge is 2.29. The number of sulfonamides is 1. The number of ether oxygens (including phenoxy) is 2. The van der Waals surface area contributed by atoms with Crippen molar-refractivity contribution in [3.63, 3.8) is 0 Å². The number of piperidine rings is 1. The van der Waals surface area contributed by atoms with Gasteiger partial charge in [-0.25, -0.2) is 8.42 Å². The number of hydrogen-bond donors (Lipinski definition) is 1. The Kier molecular flexibility index (Phi) is 7.40. The van der Waals surface area contributed by atoms with E-state index in [0.717, 1.165) is 30.2 Å². The van der Waals surface area contributed by atoms with E-state index in [0.29, 0.717) is 17.2 Å². The lowest BCUT2D eigenvalue weighted by Crippen LogP contribution is -2.47. The molecule has 0 spiro atoms. The van der Waals surface area contributed by atoms with Gasteiger partial charge in [0.2, 0.25) is 5.91 Å². The third kappa shape index (κ3) is 5.48. The molecular weight excluding hydrogens is 418 g/mol. The van der Waals surface area contributed by atoms with Crippen molar-refractivity contribution < 1.29 is 22.7 Å². The fourth-order valence-corrected chi connectivity index (χ4v) is 5.01. The van der Waals surface area contributed by atoms with Crippen molar-refractivity contribution in [2.24, 2.45) is 0 Å². The van der Waals surface area contributed by atoms with Crippen LogP contribution in [0.4, 0.5) is 5.69 Å². The summed E-state index contributed by atoms with van der Waals surface area (Å²) in [4.78, 5) is 15.0. The Labute approximate surface area is 183 Å². The standard InChI is InChI=1S/C22H29N3O5S/c1-24-13-11-17(12-14-24)23-22(26)16-25(18-7-5-4-6-8-18)31(27,28)19-9-10-20(29-2)21(15-19)30-3/h4-10,15,17H,11-14,16H2,1-3H3,(H,23,26). The SMILES string of the molecule is COc1ccc(S(=O)(=O)N(CC(=O)NC2CCN(C)CC2)c2ccccc2)cc1OC. The molecule has 1 amide bonds. The summed E-state index contributed by atoms with van der Waals surface area (Å²) in [6, 6.07) is 13.0. The second kappa shape index (κ2) is 10.0. The smallest absolute Gasteiger partial charge is 0.264 e. The quantitative estimate of drug-likeness (QED) is 0.667. The summed E-state index contributed by atoms with van der Waals surface area (Å²) >= 11 is 0. The Morgan fingerprint density at radius 1 is 1.06 bits per heavy atom. The van der Waals surface area contributed by atoms with E-state index in [1.54, 1.807) is 30.3 Å². The third-order valence-corrected chi connectivity index (χ3v) is 7.13. The lowest BCUT2D eigenvalue weighted by atomic mass is 10.1. The summed E-state index contributed by atoms with van der Waals surface area (Å²) in [7, 11) is 0.943. The number of methoxy groups -OCH3 is 2. The molecule has 1 N–H and O–H groups in total. The zero-order chi connectivity index (χ0) is 22.4. The summed E-state index contributed by atoms with van der Waals surface area (Å²) in [6.07, 6.45) is 1.69. The second-order valence-electron chi connectivity index (χ2n) is 7.51. The number of benzene rings is 2. The van der Waals surface area contributed by atoms with Crippen LogP contribution < -0.4 is 19.1 Å². The van der Waals surface area contributed by atoms with Gasteiger partial charge in [0.05, 0.1) is 24.8 Å². The van der Waals surface area contributed by atoms with Gasteiger partial charge in [-0.2, -0.15) is 0 Å². The lowest BCUT2D eigenvalue weighted by molar-refractivity contribution is -0.120. The van der Waals surface area contributed by atoms with Crippen LogP contribution in [0.1, 0.15) is 12.8 Å². The topological polar surface area (TPSA) is 88.2 Å². The van der Waals surface area contributed by atoms with Crippen LogP contribution in [0.15, 0.2) is 53.4 Å². The van der Waals surface area contributed by atoms with Crippen molar-refractivity contribution in [3.8, 4) is 11.5 Å². The highest BCUT2D eigenvalue weighted by molar-refractivity contribution is 7.92. The van der Waals surface area contributed by atoms with Crippen LogP contribution in [-0.2, 0) is 14.8 Å². The Morgan fingerprint density at radius 3 is 2.32 bits per heavy atom. The van der Waals surface area contributed by atoms with E-state index in [4.69, 9.17) is 9.47 Å². The molecule has 8 nitrogen and oxygen atoms in total. The Morgan fingerprint density at radius 2 is 1.71 bits per heavy atom. The first-order valence-electron chi connectivity index (χ1n) is 10.1. The number of carbonyl (C=O) groups excluding carboxylic acids is 1. The predicted octanol–water partition coefficient (Wildman–Crippen LogP) is 2.11. The van der Waals surface area contributed by atoms with E-state index < -0.39 is 10.0 Å². The Hall–Kier alpha value is -2.78. The Balaban J connectivity index is 1.87. The molecule has 0 bridgehead atoms. The van der Waals surface area contributed by atoms with Gasteiger partial charge < -0.3 is 19.7 Å². The van der Waals surface area contributed by atoms with E-state index in [2.05, 4.69) is 10.2 Å². The molecule has 1 saturated heterocycles. The highest BCUT2D eigenvalue weighted by atomic mass is 32.2. The van der Waals surface area contributed by atoms with Crippen LogP contribution in [0.2, 0.25) is 0 Å². The molecule has 1 heterocycles. The summed E-state index contributed by atoms with van der Waals surface area (Å²) < 4.78 is 38.6. The van der Waals surface area contributed by atoms with Gasteiger partial charge in [0.15, 0.2) is 11.5 Å². The minimum atomic E-state index is -4.03. The minimum Gasteiger partial charge on any atom is -0.493 e. The molecule has 1 aliphatic rings. The van der Waals surface area contributed by atoms with Gasteiger partial charge >= 0.3 is 0 Å². The zero-order valence-corrected chi connectivity index (χ0v) is 18.9. The molecule has 0 radical (unpaired) electrons. The summed E-state index contributed by atoms with van der Waals surface area (Å²) in [5, 5.41) is 2.99. The fourth-order valence-electron chi connectivity index (χ4n) is 3.57. The van der Waals surface area contributed by atoms with Crippen molar-refractivity contribution in [1.82, 2.24) is 10.2 Å². The van der Waals surface area contributed by atoms with Gasteiger partial charge in [0, 0.05) is 12.1 Å². The molecule has 0 aliphatic carbocycles.